The highest BCUT2D eigenvalue weighted by atomic mass is 127. The van der Waals surface area contributed by atoms with Crippen molar-refractivity contribution in [1.82, 2.24) is 15.1 Å². The maximum atomic E-state index is 12.1. The molecule has 1 aliphatic heterocycles. The molecule has 1 heterocycles. The lowest BCUT2D eigenvalue weighted by atomic mass is 10.2. The number of rotatable bonds is 7. The summed E-state index contributed by atoms with van der Waals surface area (Å²) in [5, 5.41) is 3.30. The van der Waals surface area contributed by atoms with E-state index < -0.39 is 14.6 Å². The summed E-state index contributed by atoms with van der Waals surface area (Å²) in [4.78, 5) is 9.19. The summed E-state index contributed by atoms with van der Waals surface area (Å²) in [6.07, 6.45) is 1.15. The number of hydrogen-bond acceptors (Lipinski definition) is 4. The fraction of sp³-hybridized carbons (Fsp3) is 0.938. The number of nitrogens with one attached hydrogen (secondary N) is 1. The van der Waals surface area contributed by atoms with Gasteiger partial charge in [0.2, 0.25) is 0 Å². The lowest BCUT2D eigenvalue weighted by molar-refractivity contribution is 0.295. The first-order valence-corrected chi connectivity index (χ1v) is 10.4. The van der Waals surface area contributed by atoms with Crippen LogP contribution in [-0.2, 0) is 9.84 Å². The van der Waals surface area contributed by atoms with Crippen molar-refractivity contribution in [3.8, 4) is 0 Å². The second kappa shape index (κ2) is 10.8. The van der Waals surface area contributed by atoms with Crippen LogP contribution in [0.4, 0.5) is 0 Å². The van der Waals surface area contributed by atoms with Gasteiger partial charge < -0.3 is 15.1 Å². The number of likely N-dealkylation sites (N-methyl/N-ethyl adjacent to an activating group) is 1. The van der Waals surface area contributed by atoms with Crippen molar-refractivity contribution < 1.29 is 8.42 Å². The third-order valence-corrected chi connectivity index (χ3v) is 6.88. The SMILES string of the molecule is CCCN(CC)CCN=C(NCC)N1CCS(=O)(=O)C(C)(C)C1.I. The second-order valence-corrected chi connectivity index (χ2v) is 9.41. The monoisotopic (exact) mass is 474 g/mol. The minimum absolute atomic E-state index is 0. The second-order valence-electron chi connectivity index (χ2n) is 6.67. The van der Waals surface area contributed by atoms with Gasteiger partial charge in [-0.1, -0.05) is 13.8 Å². The van der Waals surface area contributed by atoms with Crippen LogP contribution in [0, 0.1) is 0 Å². The minimum Gasteiger partial charge on any atom is -0.357 e. The van der Waals surface area contributed by atoms with E-state index in [0.29, 0.717) is 13.1 Å². The van der Waals surface area contributed by atoms with Crippen molar-refractivity contribution in [2.24, 2.45) is 4.99 Å². The Morgan fingerprint density at radius 1 is 1.25 bits per heavy atom. The van der Waals surface area contributed by atoms with Crippen LogP contribution in [0.2, 0.25) is 0 Å². The van der Waals surface area contributed by atoms with Gasteiger partial charge in [-0.25, -0.2) is 8.42 Å². The topological polar surface area (TPSA) is 65.0 Å². The Bertz CT molecular complexity index is 494. The van der Waals surface area contributed by atoms with Crippen molar-refractivity contribution in [2.45, 2.75) is 45.8 Å². The first-order chi connectivity index (χ1) is 10.8. The molecule has 24 heavy (non-hydrogen) atoms. The van der Waals surface area contributed by atoms with Crippen LogP contribution in [0.25, 0.3) is 0 Å². The molecule has 1 fully saturated rings. The summed E-state index contributed by atoms with van der Waals surface area (Å²) < 4.78 is 23.6. The smallest absolute Gasteiger partial charge is 0.194 e. The molecule has 0 unspecified atom stereocenters. The average Bonchev–Trinajstić information content (AvgIpc) is 2.48. The third kappa shape index (κ3) is 6.67. The van der Waals surface area contributed by atoms with E-state index in [9.17, 15) is 8.42 Å². The number of halogens is 1. The molecule has 1 N–H and O–H groups in total. The molecule has 0 spiro atoms. The van der Waals surface area contributed by atoms with E-state index in [4.69, 9.17) is 4.99 Å². The van der Waals surface area contributed by atoms with Crippen LogP contribution in [0.3, 0.4) is 0 Å². The van der Waals surface area contributed by atoms with Crippen molar-refractivity contribution in [1.29, 1.82) is 0 Å². The van der Waals surface area contributed by atoms with E-state index in [1.54, 1.807) is 13.8 Å². The van der Waals surface area contributed by atoms with E-state index >= 15 is 0 Å². The maximum absolute atomic E-state index is 12.1. The molecule has 0 aromatic carbocycles. The fourth-order valence-electron chi connectivity index (χ4n) is 2.79. The number of nitrogens with zero attached hydrogens (tertiary/aromatic N) is 3. The number of sulfone groups is 1. The quantitative estimate of drug-likeness (QED) is 0.347. The highest BCUT2D eigenvalue weighted by molar-refractivity contribution is 14.0. The Labute approximate surface area is 165 Å². The van der Waals surface area contributed by atoms with Crippen LogP contribution in [0.5, 0.6) is 0 Å². The number of guanidine groups is 1. The molecule has 0 radical (unpaired) electrons. The van der Waals surface area contributed by atoms with E-state index in [0.717, 1.165) is 45.1 Å². The number of hydrogen-bond donors (Lipinski definition) is 1. The Balaban J connectivity index is 0.00000529. The molecule has 8 heteroatoms. The molecule has 1 aliphatic rings. The van der Waals surface area contributed by atoms with Crippen molar-refractivity contribution in [2.75, 3.05) is 51.6 Å². The van der Waals surface area contributed by atoms with Gasteiger partial charge in [0.25, 0.3) is 0 Å². The Morgan fingerprint density at radius 3 is 2.42 bits per heavy atom. The largest absolute Gasteiger partial charge is 0.357 e. The van der Waals surface area contributed by atoms with Crippen LogP contribution >= 0.6 is 24.0 Å². The van der Waals surface area contributed by atoms with E-state index in [2.05, 4.69) is 29.0 Å². The maximum Gasteiger partial charge on any atom is 0.194 e. The van der Waals surface area contributed by atoms with Gasteiger partial charge in [0.15, 0.2) is 15.8 Å². The molecular weight excluding hydrogens is 439 g/mol. The van der Waals surface area contributed by atoms with Gasteiger partial charge in [0, 0.05) is 26.2 Å². The van der Waals surface area contributed by atoms with E-state index in [-0.39, 0.29) is 29.7 Å². The van der Waals surface area contributed by atoms with Crippen LogP contribution in [0.15, 0.2) is 4.99 Å². The standard InChI is InChI=1S/C16H34N4O2S.HI/c1-6-10-19(8-3)11-9-18-15(17-7-2)20-12-13-23(21,22)16(4,5)14-20;/h6-14H2,1-5H3,(H,17,18);1H. The first kappa shape index (κ1) is 23.9. The predicted octanol–water partition coefficient (Wildman–Crippen LogP) is 1.81. The molecular formula is C16H35IN4O2S. The molecule has 144 valence electrons. The molecule has 0 aromatic heterocycles. The van der Waals surface area contributed by atoms with Gasteiger partial charge in [0.1, 0.15) is 0 Å². The summed E-state index contributed by atoms with van der Waals surface area (Å²) >= 11 is 0. The predicted molar refractivity (Wildman–Crippen MR) is 113 cm³/mol. The Kier molecular flexibility index (Phi) is 10.8. The van der Waals surface area contributed by atoms with E-state index in [1.807, 2.05) is 6.92 Å². The first-order valence-electron chi connectivity index (χ1n) is 8.75. The van der Waals surface area contributed by atoms with Gasteiger partial charge in [0.05, 0.1) is 17.0 Å². The lowest BCUT2D eigenvalue weighted by Crippen LogP contribution is -2.57. The van der Waals surface area contributed by atoms with Crippen molar-refractivity contribution >= 4 is 39.8 Å². The Morgan fingerprint density at radius 2 is 1.92 bits per heavy atom. The van der Waals surface area contributed by atoms with Crippen LogP contribution in [0.1, 0.15) is 41.0 Å². The normalized spacial score (nSPS) is 19.9. The zero-order valence-electron chi connectivity index (χ0n) is 15.8. The van der Waals surface area contributed by atoms with Gasteiger partial charge >= 0.3 is 0 Å². The summed E-state index contributed by atoms with van der Waals surface area (Å²) in [5.74, 6) is 1.03. The molecule has 0 aromatic rings. The molecule has 1 rings (SSSR count). The van der Waals surface area contributed by atoms with E-state index in [1.165, 1.54) is 0 Å². The third-order valence-electron chi connectivity index (χ3n) is 4.34. The van der Waals surface area contributed by atoms with Crippen molar-refractivity contribution in [3.05, 3.63) is 0 Å². The molecule has 0 atom stereocenters. The fourth-order valence-corrected chi connectivity index (χ4v) is 4.16. The van der Waals surface area contributed by atoms with Gasteiger partial charge in [-0.2, -0.15) is 0 Å². The molecule has 0 bridgehead atoms. The zero-order chi connectivity index (χ0) is 17.5. The minimum atomic E-state index is -3.02. The molecule has 0 saturated carbocycles. The van der Waals surface area contributed by atoms with Crippen LogP contribution in [-0.4, -0.2) is 80.5 Å². The molecule has 0 amide bonds. The van der Waals surface area contributed by atoms with Crippen molar-refractivity contribution in [3.63, 3.8) is 0 Å². The molecule has 0 aliphatic carbocycles. The number of aliphatic imine (C=N–C) groups is 1. The van der Waals surface area contributed by atoms with Gasteiger partial charge in [-0.3, -0.25) is 4.99 Å². The summed E-state index contributed by atoms with van der Waals surface area (Å²) in [6, 6.07) is 0. The zero-order valence-corrected chi connectivity index (χ0v) is 19.0. The Hall–Kier alpha value is -0.0900. The molecule has 1 saturated heterocycles. The lowest BCUT2D eigenvalue weighted by Gasteiger charge is -2.39. The average molecular weight is 474 g/mol. The highest BCUT2D eigenvalue weighted by Crippen LogP contribution is 2.23. The van der Waals surface area contributed by atoms with Gasteiger partial charge in [-0.05, 0) is 40.3 Å². The molecule has 6 nitrogen and oxygen atoms in total. The highest BCUT2D eigenvalue weighted by Gasteiger charge is 2.40. The van der Waals surface area contributed by atoms with Crippen LogP contribution < -0.4 is 5.32 Å². The summed E-state index contributed by atoms with van der Waals surface area (Å²) in [5.41, 5.74) is 0. The summed E-state index contributed by atoms with van der Waals surface area (Å²) in [6.45, 7) is 15.6. The summed E-state index contributed by atoms with van der Waals surface area (Å²) in [7, 11) is -3.02. The van der Waals surface area contributed by atoms with Gasteiger partial charge in [-0.15, -0.1) is 24.0 Å².